The van der Waals surface area contributed by atoms with Crippen LogP contribution in [-0.4, -0.2) is 20.5 Å². The molecule has 0 saturated heterocycles. The predicted molar refractivity (Wildman–Crippen MR) is 103 cm³/mol. The Kier molecular flexibility index (Phi) is 4.44. The van der Waals surface area contributed by atoms with E-state index in [4.69, 9.17) is 16.6 Å². The first-order chi connectivity index (χ1) is 12.2. The van der Waals surface area contributed by atoms with E-state index in [0.29, 0.717) is 6.54 Å². The van der Waals surface area contributed by atoms with Crippen molar-refractivity contribution in [3.63, 3.8) is 0 Å². The lowest BCUT2D eigenvalue weighted by Gasteiger charge is -2.08. The van der Waals surface area contributed by atoms with Crippen LogP contribution in [0.3, 0.4) is 0 Å². The Labute approximate surface area is 156 Å². The Balaban J connectivity index is 1.91. The fraction of sp³-hybridized carbons (Fsp3) is 0.316. The van der Waals surface area contributed by atoms with Gasteiger partial charge in [-0.15, -0.1) is 21.5 Å². The van der Waals surface area contributed by atoms with Crippen LogP contribution >= 0.6 is 22.9 Å². The third-order valence-electron chi connectivity index (χ3n) is 4.40. The molecule has 0 N–H and O–H groups in total. The molecule has 0 bridgehead atoms. The van der Waals surface area contributed by atoms with Gasteiger partial charge in [0.2, 0.25) is 0 Å². The molecule has 0 unspecified atom stereocenters. The van der Waals surface area contributed by atoms with E-state index in [1.807, 2.05) is 42.5 Å². The summed E-state index contributed by atoms with van der Waals surface area (Å²) in [5.74, 6) is 1.78. The molecule has 0 saturated carbocycles. The van der Waals surface area contributed by atoms with Crippen molar-refractivity contribution in [2.45, 2.75) is 39.7 Å². The Morgan fingerprint density at radius 3 is 2.84 bits per heavy atom. The number of benzene rings is 1. The lowest BCUT2D eigenvalue weighted by Crippen LogP contribution is -2.05. The van der Waals surface area contributed by atoms with Crippen molar-refractivity contribution in [1.29, 1.82) is 0 Å². The number of hydrogen-bond donors (Lipinski definition) is 0. The van der Waals surface area contributed by atoms with Crippen molar-refractivity contribution in [1.82, 2.24) is 14.8 Å². The van der Waals surface area contributed by atoms with E-state index in [1.54, 1.807) is 0 Å². The van der Waals surface area contributed by atoms with Gasteiger partial charge >= 0.3 is 0 Å². The van der Waals surface area contributed by atoms with Gasteiger partial charge in [-0.1, -0.05) is 43.1 Å². The van der Waals surface area contributed by atoms with Crippen LogP contribution in [0.4, 0.5) is 0 Å². The molecule has 3 heterocycles. The molecule has 1 aromatic carbocycles. The van der Waals surface area contributed by atoms with Gasteiger partial charge in [-0.2, -0.15) is 0 Å². The fourth-order valence-corrected chi connectivity index (χ4v) is 4.62. The summed E-state index contributed by atoms with van der Waals surface area (Å²) in [5, 5.41) is 10.4. The number of thiophene rings is 1. The van der Waals surface area contributed by atoms with Gasteiger partial charge in [0.05, 0.1) is 5.71 Å². The minimum Gasteiger partial charge on any atom is -0.276 e. The van der Waals surface area contributed by atoms with Crippen LogP contribution in [0.1, 0.15) is 47.4 Å². The van der Waals surface area contributed by atoms with Gasteiger partial charge in [-0.25, -0.2) is 0 Å². The zero-order valence-electron chi connectivity index (χ0n) is 14.3. The summed E-state index contributed by atoms with van der Waals surface area (Å²) < 4.78 is 2.14. The monoisotopic (exact) mass is 370 g/mol. The molecule has 3 aromatic rings. The molecule has 4 rings (SSSR count). The van der Waals surface area contributed by atoms with Crippen LogP contribution in [-0.2, 0) is 13.0 Å². The highest BCUT2D eigenvalue weighted by molar-refractivity contribution is 7.15. The van der Waals surface area contributed by atoms with Crippen molar-refractivity contribution in [3.05, 3.63) is 63.0 Å². The highest BCUT2D eigenvalue weighted by Gasteiger charge is 2.25. The molecular weight excluding hydrogens is 352 g/mol. The number of rotatable bonds is 4. The van der Waals surface area contributed by atoms with Gasteiger partial charge in [0.25, 0.3) is 0 Å². The molecule has 1 aliphatic rings. The number of halogens is 1. The molecule has 0 aliphatic carbocycles. The van der Waals surface area contributed by atoms with Crippen molar-refractivity contribution >= 4 is 28.6 Å². The maximum absolute atomic E-state index is 6.47. The van der Waals surface area contributed by atoms with Crippen LogP contribution in [0.2, 0.25) is 5.02 Å². The number of aromatic nitrogens is 3. The summed E-state index contributed by atoms with van der Waals surface area (Å²) in [4.78, 5) is 6.23. The average Bonchev–Trinajstić information content (AvgIpc) is 3.14. The summed E-state index contributed by atoms with van der Waals surface area (Å²) in [6.07, 6.45) is 3.46. The van der Waals surface area contributed by atoms with E-state index >= 15 is 0 Å². The minimum absolute atomic E-state index is 0.507. The van der Waals surface area contributed by atoms with Crippen LogP contribution in [0, 0.1) is 6.92 Å². The van der Waals surface area contributed by atoms with Crippen LogP contribution in [0.25, 0.3) is 5.00 Å². The van der Waals surface area contributed by atoms with Crippen LogP contribution in [0.5, 0.6) is 0 Å². The van der Waals surface area contributed by atoms with Gasteiger partial charge in [0, 0.05) is 21.0 Å². The second-order valence-corrected chi connectivity index (χ2v) is 7.70. The summed E-state index contributed by atoms with van der Waals surface area (Å²) in [6.45, 7) is 4.72. The second kappa shape index (κ2) is 6.73. The van der Waals surface area contributed by atoms with Crippen molar-refractivity contribution in [2.24, 2.45) is 4.99 Å². The molecule has 0 spiro atoms. The first-order valence-electron chi connectivity index (χ1n) is 8.52. The summed E-state index contributed by atoms with van der Waals surface area (Å²) >= 11 is 8.29. The summed E-state index contributed by atoms with van der Waals surface area (Å²) in [6, 6.07) is 10.2. The third kappa shape index (κ3) is 2.92. The summed E-state index contributed by atoms with van der Waals surface area (Å²) in [5.41, 5.74) is 3.05. The van der Waals surface area contributed by atoms with Crippen LogP contribution < -0.4 is 0 Å². The number of unbranched alkanes of at least 4 members (excludes halogenated alkanes) is 1. The fourth-order valence-electron chi connectivity index (χ4n) is 3.13. The molecule has 0 radical (unpaired) electrons. The number of nitrogens with zero attached hydrogens (tertiary/aromatic N) is 4. The van der Waals surface area contributed by atoms with E-state index in [0.717, 1.165) is 44.9 Å². The smallest absolute Gasteiger partial charge is 0.160 e. The van der Waals surface area contributed by atoms with Gasteiger partial charge in [-0.3, -0.25) is 9.56 Å². The van der Waals surface area contributed by atoms with E-state index in [2.05, 4.69) is 27.8 Å². The SMILES string of the molecule is CCCCc1cc2c(s1)-n1c(C)nnc1CN=C2c1ccccc1Cl. The van der Waals surface area contributed by atoms with Gasteiger partial charge in [0.1, 0.15) is 17.4 Å². The highest BCUT2D eigenvalue weighted by atomic mass is 35.5. The van der Waals surface area contributed by atoms with Crippen LogP contribution in [0.15, 0.2) is 35.3 Å². The Morgan fingerprint density at radius 2 is 2.04 bits per heavy atom. The number of hydrogen-bond acceptors (Lipinski definition) is 4. The molecule has 0 amide bonds. The molecule has 25 heavy (non-hydrogen) atoms. The highest BCUT2D eigenvalue weighted by Crippen LogP contribution is 2.34. The average molecular weight is 371 g/mol. The number of fused-ring (bicyclic) bond motifs is 3. The van der Waals surface area contributed by atoms with E-state index < -0.39 is 0 Å². The lowest BCUT2D eigenvalue weighted by atomic mass is 10.0. The van der Waals surface area contributed by atoms with Crippen molar-refractivity contribution in [2.75, 3.05) is 0 Å². The third-order valence-corrected chi connectivity index (χ3v) is 5.91. The van der Waals surface area contributed by atoms with Gasteiger partial charge < -0.3 is 0 Å². The Morgan fingerprint density at radius 1 is 1.20 bits per heavy atom. The maximum atomic E-state index is 6.47. The molecule has 4 nitrogen and oxygen atoms in total. The largest absolute Gasteiger partial charge is 0.276 e. The van der Waals surface area contributed by atoms with E-state index in [1.165, 1.54) is 17.7 Å². The van der Waals surface area contributed by atoms with Crippen molar-refractivity contribution < 1.29 is 0 Å². The number of aryl methyl sites for hydroxylation is 2. The normalized spacial score (nSPS) is 13.2. The van der Waals surface area contributed by atoms with Gasteiger partial charge in [0.15, 0.2) is 5.82 Å². The first kappa shape index (κ1) is 16.5. The molecule has 2 aromatic heterocycles. The quantitative estimate of drug-likeness (QED) is 0.649. The zero-order valence-corrected chi connectivity index (χ0v) is 15.9. The summed E-state index contributed by atoms with van der Waals surface area (Å²) in [7, 11) is 0. The lowest BCUT2D eigenvalue weighted by molar-refractivity contribution is 0.804. The molecular formula is C19H19ClN4S. The van der Waals surface area contributed by atoms with E-state index in [-0.39, 0.29) is 0 Å². The maximum Gasteiger partial charge on any atom is 0.160 e. The molecule has 0 atom stereocenters. The number of aliphatic imine (C=N–C) groups is 1. The molecule has 0 fully saturated rings. The predicted octanol–water partition coefficient (Wildman–Crippen LogP) is 4.98. The zero-order chi connectivity index (χ0) is 17.4. The van der Waals surface area contributed by atoms with E-state index in [9.17, 15) is 0 Å². The Hall–Kier alpha value is -1.98. The second-order valence-electron chi connectivity index (χ2n) is 6.18. The first-order valence-corrected chi connectivity index (χ1v) is 9.72. The minimum atomic E-state index is 0.507. The standard InChI is InChI=1S/C19H19ClN4S/c1-3-4-7-13-10-15-18(14-8-5-6-9-16(14)20)21-11-17-23-22-12(2)24(17)19(15)25-13/h5-6,8-10H,3-4,7,11H2,1-2H3. The topological polar surface area (TPSA) is 43.1 Å². The van der Waals surface area contributed by atoms with Gasteiger partial charge in [-0.05, 0) is 31.9 Å². The Bertz CT molecular complexity index is 954. The molecule has 128 valence electrons. The molecule has 6 heteroatoms. The van der Waals surface area contributed by atoms with Crippen molar-refractivity contribution in [3.8, 4) is 5.00 Å². The molecule has 1 aliphatic heterocycles.